The second-order valence-electron chi connectivity index (χ2n) is 9.94. The molecular formula is C36H22N4O. The summed E-state index contributed by atoms with van der Waals surface area (Å²) >= 11 is 0. The lowest BCUT2D eigenvalue weighted by Gasteiger charge is -2.13. The summed E-state index contributed by atoms with van der Waals surface area (Å²) in [6.45, 7) is 0. The van der Waals surface area contributed by atoms with Crippen LogP contribution >= 0.6 is 0 Å². The fourth-order valence-electron chi connectivity index (χ4n) is 5.37. The Balaban J connectivity index is 1.31. The van der Waals surface area contributed by atoms with Crippen LogP contribution in [-0.4, -0.2) is 19.9 Å². The Morgan fingerprint density at radius 3 is 1.83 bits per heavy atom. The summed E-state index contributed by atoms with van der Waals surface area (Å²) in [4.78, 5) is 19.7. The molecule has 0 aliphatic rings. The maximum absolute atomic E-state index is 6.08. The summed E-state index contributed by atoms with van der Waals surface area (Å²) in [5, 5.41) is 1.11. The van der Waals surface area contributed by atoms with E-state index in [1.165, 1.54) is 0 Å². The maximum Gasteiger partial charge on any atom is 0.227 e. The van der Waals surface area contributed by atoms with Gasteiger partial charge in [0.1, 0.15) is 5.52 Å². The molecule has 0 amide bonds. The minimum atomic E-state index is 0.578. The number of aromatic nitrogens is 4. The second-order valence-corrected chi connectivity index (χ2v) is 9.94. The first-order valence-corrected chi connectivity index (χ1v) is 13.5. The number of fused-ring (bicyclic) bond motifs is 3. The Morgan fingerprint density at radius 2 is 1.07 bits per heavy atom. The van der Waals surface area contributed by atoms with Crippen molar-refractivity contribution in [3.63, 3.8) is 0 Å². The summed E-state index contributed by atoms with van der Waals surface area (Å²) in [6.07, 6.45) is 1.84. The van der Waals surface area contributed by atoms with Crippen molar-refractivity contribution in [3.05, 3.63) is 134 Å². The quantitative estimate of drug-likeness (QED) is 0.229. The number of benzene rings is 5. The van der Waals surface area contributed by atoms with Crippen LogP contribution in [0.1, 0.15) is 0 Å². The molecule has 192 valence electrons. The molecule has 0 bridgehead atoms. The molecule has 8 aromatic rings. The van der Waals surface area contributed by atoms with E-state index in [2.05, 4.69) is 65.6 Å². The number of nitrogens with zero attached hydrogens (tertiary/aromatic N) is 4. The molecule has 0 radical (unpaired) electrons. The monoisotopic (exact) mass is 526 g/mol. The number of oxazole rings is 1. The first-order valence-electron chi connectivity index (χ1n) is 13.5. The summed E-state index contributed by atoms with van der Waals surface area (Å²) in [5.74, 6) is 0.578. The standard InChI is InChI=1S/C36H22N4O/c1-2-17-30-29(16-1)38-34(25-11-5-10-24(21-25)28-15-7-9-23-14-8-20-37-33(23)28)35(39-30)26-12-6-13-27(22-26)36-40-31-18-3-4-19-32(31)41-36/h1-22H. The lowest BCUT2D eigenvalue weighted by molar-refractivity contribution is 0.620. The minimum absolute atomic E-state index is 0.578. The third-order valence-electron chi connectivity index (χ3n) is 7.33. The van der Waals surface area contributed by atoms with E-state index in [4.69, 9.17) is 19.4 Å². The van der Waals surface area contributed by atoms with Crippen molar-refractivity contribution in [3.8, 4) is 45.1 Å². The van der Waals surface area contributed by atoms with Crippen molar-refractivity contribution in [2.75, 3.05) is 0 Å². The van der Waals surface area contributed by atoms with Gasteiger partial charge in [0.15, 0.2) is 5.58 Å². The predicted octanol–water partition coefficient (Wildman–Crippen LogP) is 8.99. The zero-order chi connectivity index (χ0) is 27.2. The number of rotatable bonds is 4. The zero-order valence-electron chi connectivity index (χ0n) is 21.9. The Bertz CT molecular complexity index is 2200. The fraction of sp³-hybridized carbons (Fsp3) is 0. The third-order valence-corrected chi connectivity index (χ3v) is 7.33. The average molecular weight is 527 g/mol. The molecule has 0 saturated carbocycles. The van der Waals surface area contributed by atoms with Gasteiger partial charge in [-0.2, -0.15) is 0 Å². The molecular weight excluding hydrogens is 504 g/mol. The largest absolute Gasteiger partial charge is 0.436 e. The van der Waals surface area contributed by atoms with Gasteiger partial charge in [-0.1, -0.05) is 78.9 Å². The van der Waals surface area contributed by atoms with Crippen LogP contribution in [0.2, 0.25) is 0 Å². The van der Waals surface area contributed by atoms with Crippen molar-refractivity contribution < 1.29 is 4.42 Å². The molecule has 0 spiro atoms. The van der Waals surface area contributed by atoms with Crippen molar-refractivity contribution in [2.45, 2.75) is 0 Å². The Labute approximate surface area is 235 Å². The fourth-order valence-corrected chi connectivity index (χ4v) is 5.37. The van der Waals surface area contributed by atoms with Crippen molar-refractivity contribution in [1.29, 1.82) is 0 Å². The van der Waals surface area contributed by atoms with Crippen LogP contribution in [0, 0.1) is 0 Å². The van der Waals surface area contributed by atoms with Gasteiger partial charge in [0.25, 0.3) is 0 Å². The minimum Gasteiger partial charge on any atom is -0.436 e. The van der Waals surface area contributed by atoms with E-state index in [1.54, 1.807) is 0 Å². The summed E-state index contributed by atoms with van der Waals surface area (Å²) in [6, 6.07) is 42.7. The Kier molecular flexibility index (Phi) is 5.38. The van der Waals surface area contributed by atoms with E-state index in [9.17, 15) is 0 Å². The molecule has 0 aliphatic heterocycles. The number of hydrogen-bond acceptors (Lipinski definition) is 5. The number of pyridine rings is 1. The highest BCUT2D eigenvalue weighted by atomic mass is 16.3. The van der Waals surface area contributed by atoms with E-state index in [0.29, 0.717) is 5.89 Å². The molecule has 41 heavy (non-hydrogen) atoms. The van der Waals surface area contributed by atoms with Gasteiger partial charge in [-0.05, 0) is 54.1 Å². The van der Waals surface area contributed by atoms with Gasteiger partial charge < -0.3 is 4.42 Å². The highest BCUT2D eigenvalue weighted by Crippen LogP contribution is 2.36. The maximum atomic E-state index is 6.08. The molecule has 3 aromatic heterocycles. The van der Waals surface area contributed by atoms with Gasteiger partial charge in [-0.25, -0.2) is 15.0 Å². The van der Waals surface area contributed by atoms with Crippen LogP contribution in [0.25, 0.3) is 78.1 Å². The lowest BCUT2D eigenvalue weighted by Crippen LogP contribution is -1.96. The van der Waals surface area contributed by atoms with Crippen molar-refractivity contribution in [1.82, 2.24) is 19.9 Å². The van der Waals surface area contributed by atoms with Crippen molar-refractivity contribution in [2.24, 2.45) is 0 Å². The van der Waals surface area contributed by atoms with E-state index >= 15 is 0 Å². The second kappa shape index (κ2) is 9.50. The lowest BCUT2D eigenvalue weighted by atomic mass is 9.97. The van der Waals surface area contributed by atoms with Gasteiger partial charge in [0.05, 0.1) is 27.9 Å². The van der Waals surface area contributed by atoms with Crippen LogP contribution in [0.4, 0.5) is 0 Å². The highest BCUT2D eigenvalue weighted by Gasteiger charge is 2.17. The Morgan fingerprint density at radius 1 is 0.463 bits per heavy atom. The SMILES string of the molecule is c1cc(-c2nc3ccccc3o2)cc(-c2nc3ccccc3nc2-c2cccc(-c3cccc4cccnc34)c2)c1. The van der Waals surface area contributed by atoms with Crippen LogP contribution in [0.3, 0.4) is 0 Å². The smallest absolute Gasteiger partial charge is 0.227 e. The molecule has 3 heterocycles. The molecule has 0 unspecified atom stereocenters. The normalized spacial score (nSPS) is 11.4. The van der Waals surface area contributed by atoms with Gasteiger partial charge in [-0.15, -0.1) is 0 Å². The molecule has 5 heteroatoms. The van der Waals surface area contributed by atoms with Gasteiger partial charge >= 0.3 is 0 Å². The van der Waals surface area contributed by atoms with Gasteiger partial charge in [0, 0.05) is 33.8 Å². The highest BCUT2D eigenvalue weighted by molar-refractivity contribution is 5.95. The molecule has 0 aliphatic carbocycles. The molecule has 0 fully saturated rings. The van der Waals surface area contributed by atoms with Crippen LogP contribution in [-0.2, 0) is 0 Å². The molecule has 0 atom stereocenters. The Hall–Kier alpha value is -5.68. The first-order chi connectivity index (χ1) is 20.3. The van der Waals surface area contributed by atoms with Crippen molar-refractivity contribution >= 4 is 33.0 Å². The van der Waals surface area contributed by atoms with E-state index in [-0.39, 0.29) is 0 Å². The molecule has 0 N–H and O–H groups in total. The molecule has 5 aromatic carbocycles. The summed E-state index contributed by atoms with van der Waals surface area (Å²) < 4.78 is 6.08. The zero-order valence-corrected chi connectivity index (χ0v) is 21.9. The van der Waals surface area contributed by atoms with Gasteiger partial charge in [0.2, 0.25) is 5.89 Å². The number of para-hydroxylation sites is 5. The molecule has 5 nitrogen and oxygen atoms in total. The average Bonchev–Trinajstić information content (AvgIpc) is 3.49. The molecule has 0 saturated heterocycles. The topological polar surface area (TPSA) is 64.7 Å². The third kappa shape index (κ3) is 4.12. The van der Waals surface area contributed by atoms with Gasteiger partial charge in [-0.3, -0.25) is 4.98 Å². The van der Waals surface area contributed by atoms with E-state index < -0.39 is 0 Å². The van der Waals surface area contributed by atoms with E-state index in [0.717, 1.165) is 72.2 Å². The predicted molar refractivity (Wildman–Crippen MR) is 164 cm³/mol. The molecule has 8 rings (SSSR count). The van der Waals surface area contributed by atoms with Crippen LogP contribution < -0.4 is 0 Å². The van der Waals surface area contributed by atoms with E-state index in [1.807, 2.05) is 72.9 Å². The number of hydrogen-bond donors (Lipinski definition) is 0. The first kappa shape index (κ1) is 23.2. The van der Waals surface area contributed by atoms with Crippen LogP contribution in [0.15, 0.2) is 138 Å². The van der Waals surface area contributed by atoms with Crippen LogP contribution in [0.5, 0.6) is 0 Å². The summed E-state index contributed by atoms with van der Waals surface area (Å²) in [7, 11) is 0. The summed E-state index contributed by atoms with van der Waals surface area (Å²) in [5.41, 5.74) is 10.8.